The van der Waals surface area contributed by atoms with Gasteiger partial charge in [0.05, 0.1) is 13.1 Å². The van der Waals surface area contributed by atoms with Gasteiger partial charge >= 0.3 is 0 Å². The first-order valence-corrected chi connectivity index (χ1v) is 5.55. The molecule has 1 rings (SSSR count). The zero-order valence-electron chi connectivity index (χ0n) is 10.2. The van der Waals surface area contributed by atoms with Gasteiger partial charge in [-0.3, -0.25) is 4.99 Å². The molecular formula is C10H17N7. The predicted octanol–water partition coefficient (Wildman–Crippen LogP) is -0.194. The maximum Gasteiger partial charge on any atom is 0.252 e. The molecule has 0 unspecified atom stereocenters. The molecule has 92 valence electrons. The van der Waals surface area contributed by atoms with Gasteiger partial charge in [-0.1, -0.05) is 0 Å². The number of hydrogen-bond acceptors (Lipinski definition) is 4. The molecule has 0 spiro atoms. The lowest BCUT2D eigenvalue weighted by Crippen LogP contribution is -2.37. The summed E-state index contributed by atoms with van der Waals surface area (Å²) < 4.78 is 1.58. The second kappa shape index (κ2) is 6.48. The minimum absolute atomic E-state index is 0.172. The second-order valence-corrected chi connectivity index (χ2v) is 3.36. The van der Waals surface area contributed by atoms with Crippen molar-refractivity contribution in [3.8, 4) is 6.07 Å². The van der Waals surface area contributed by atoms with Gasteiger partial charge in [0.15, 0.2) is 5.96 Å². The molecule has 0 aromatic carbocycles. The maximum atomic E-state index is 8.56. The van der Waals surface area contributed by atoms with E-state index in [-0.39, 0.29) is 5.82 Å². The molecule has 7 nitrogen and oxygen atoms in total. The normalized spacial score (nSPS) is 11.2. The third-order valence-corrected chi connectivity index (χ3v) is 2.33. The summed E-state index contributed by atoms with van der Waals surface area (Å²) in [5.41, 5.74) is 5.81. The fraction of sp³-hybridized carbons (Fsp3) is 0.600. The Morgan fingerprint density at radius 3 is 2.82 bits per heavy atom. The average Bonchev–Trinajstić information content (AvgIpc) is 2.78. The van der Waals surface area contributed by atoms with Gasteiger partial charge < -0.3 is 10.6 Å². The summed E-state index contributed by atoms with van der Waals surface area (Å²) in [6.07, 6.45) is 1.52. The van der Waals surface area contributed by atoms with Crippen LogP contribution in [0.4, 0.5) is 0 Å². The third-order valence-electron chi connectivity index (χ3n) is 2.33. The van der Waals surface area contributed by atoms with E-state index in [1.165, 1.54) is 6.33 Å². The largest absolute Gasteiger partial charge is 0.370 e. The molecule has 0 bridgehead atoms. The van der Waals surface area contributed by atoms with Crippen LogP contribution in [-0.4, -0.2) is 45.3 Å². The summed E-state index contributed by atoms with van der Waals surface area (Å²) in [7, 11) is 0. The van der Waals surface area contributed by atoms with Crippen molar-refractivity contribution in [3.63, 3.8) is 0 Å². The van der Waals surface area contributed by atoms with Gasteiger partial charge in [-0.15, -0.1) is 5.10 Å². The molecule has 17 heavy (non-hydrogen) atoms. The SMILES string of the molecule is CCN(CC)C(N)=NCCn1cnc(C#N)n1. The summed E-state index contributed by atoms with van der Waals surface area (Å²) in [6.45, 7) is 6.83. The Labute approximate surface area is 101 Å². The van der Waals surface area contributed by atoms with E-state index in [2.05, 4.69) is 15.1 Å². The minimum atomic E-state index is 0.172. The molecule has 0 aliphatic heterocycles. The molecule has 0 fully saturated rings. The van der Waals surface area contributed by atoms with Crippen molar-refractivity contribution in [1.82, 2.24) is 19.7 Å². The molecule has 7 heteroatoms. The van der Waals surface area contributed by atoms with Crippen LogP contribution < -0.4 is 5.73 Å². The molecule has 0 saturated carbocycles. The molecular weight excluding hydrogens is 218 g/mol. The highest BCUT2D eigenvalue weighted by molar-refractivity contribution is 5.77. The van der Waals surface area contributed by atoms with Crippen LogP contribution in [0, 0.1) is 11.3 Å². The van der Waals surface area contributed by atoms with Crippen LogP contribution in [0.15, 0.2) is 11.3 Å². The van der Waals surface area contributed by atoms with Crippen molar-refractivity contribution in [2.45, 2.75) is 20.4 Å². The number of nitrogens with two attached hydrogens (primary N) is 1. The van der Waals surface area contributed by atoms with Gasteiger partial charge in [0, 0.05) is 13.1 Å². The lowest BCUT2D eigenvalue weighted by atomic mass is 10.5. The summed E-state index contributed by atoms with van der Waals surface area (Å²) >= 11 is 0. The van der Waals surface area contributed by atoms with Crippen molar-refractivity contribution >= 4 is 5.96 Å². The van der Waals surface area contributed by atoms with Crippen LogP contribution >= 0.6 is 0 Å². The highest BCUT2D eigenvalue weighted by atomic mass is 15.3. The molecule has 0 aliphatic carbocycles. The molecule has 1 heterocycles. The van der Waals surface area contributed by atoms with E-state index in [1.807, 2.05) is 24.8 Å². The Kier molecular flexibility index (Phi) is 4.94. The topological polar surface area (TPSA) is 96.1 Å². The zero-order chi connectivity index (χ0) is 12.7. The number of hydrogen-bond donors (Lipinski definition) is 1. The van der Waals surface area contributed by atoms with Crippen LogP contribution in [0.3, 0.4) is 0 Å². The van der Waals surface area contributed by atoms with E-state index in [1.54, 1.807) is 4.68 Å². The van der Waals surface area contributed by atoms with Crippen molar-refractivity contribution in [2.24, 2.45) is 10.7 Å². The molecule has 0 radical (unpaired) electrons. The highest BCUT2D eigenvalue weighted by Crippen LogP contribution is 1.90. The predicted molar refractivity (Wildman–Crippen MR) is 64.1 cm³/mol. The van der Waals surface area contributed by atoms with Crippen molar-refractivity contribution in [3.05, 3.63) is 12.2 Å². The third kappa shape index (κ3) is 3.75. The lowest BCUT2D eigenvalue weighted by molar-refractivity contribution is 0.456. The van der Waals surface area contributed by atoms with Crippen molar-refractivity contribution in [2.75, 3.05) is 19.6 Å². The van der Waals surface area contributed by atoms with Gasteiger partial charge in [0.2, 0.25) is 0 Å². The second-order valence-electron chi connectivity index (χ2n) is 3.36. The molecule has 0 saturated heterocycles. The lowest BCUT2D eigenvalue weighted by Gasteiger charge is -2.19. The number of guanidine groups is 1. The molecule has 0 aliphatic rings. The molecule has 2 N–H and O–H groups in total. The molecule has 1 aromatic heterocycles. The summed E-state index contributed by atoms with van der Waals surface area (Å²) in [4.78, 5) is 10.0. The maximum absolute atomic E-state index is 8.56. The molecule has 0 amide bonds. The van der Waals surface area contributed by atoms with Crippen LogP contribution in [0.1, 0.15) is 19.7 Å². The van der Waals surface area contributed by atoms with E-state index >= 15 is 0 Å². The van der Waals surface area contributed by atoms with Crippen molar-refractivity contribution in [1.29, 1.82) is 5.26 Å². The molecule has 1 aromatic rings. The number of nitriles is 1. The van der Waals surface area contributed by atoms with Crippen molar-refractivity contribution < 1.29 is 0 Å². The van der Waals surface area contributed by atoms with Crippen LogP contribution in [0.2, 0.25) is 0 Å². The Hall–Kier alpha value is -2.10. The smallest absolute Gasteiger partial charge is 0.252 e. The van der Waals surface area contributed by atoms with Gasteiger partial charge in [-0.05, 0) is 13.8 Å². The van der Waals surface area contributed by atoms with E-state index in [4.69, 9.17) is 11.0 Å². The summed E-state index contributed by atoms with van der Waals surface area (Å²) in [5.74, 6) is 0.710. The Balaban J connectivity index is 2.46. The zero-order valence-corrected chi connectivity index (χ0v) is 10.2. The van der Waals surface area contributed by atoms with E-state index in [0.29, 0.717) is 19.0 Å². The monoisotopic (exact) mass is 235 g/mol. The van der Waals surface area contributed by atoms with Gasteiger partial charge in [0.25, 0.3) is 5.82 Å². The number of aliphatic imine (C=N–C) groups is 1. The van der Waals surface area contributed by atoms with Gasteiger partial charge in [0.1, 0.15) is 12.4 Å². The van der Waals surface area contributed by atoms with Gasteiger partial charge in [-0.2, -0.15) is 5.26 Å². The van der Waals surface area contributed by atoms with Crippen LogP contribution in [0.5, 0.6) is 0 Å². The van der Waals surface area contributed by atoms with E-state index in [9.17, 15) is 0 Å². The van der Waals surface area contributed by atoms with Crippen LogP contribution in [-0.2, 0) is 6.54 Å². The first kappa shape index (κ1) is 13.0. The van der Waals surface area contributed by atoms with E-state index < -0.39 is 0 Å². The Morgan fingerprint density at radius 1 is 1.59 bits per heavy atom. The Morgan fingerprint density at radius 2 is 2.29 bits per heavy atom. The first-order valence-electron chi connectivity index (χ1n) is 5.55. The number of nitrogens with zero attached hydrogens (tertiary/aromatic N) is 6. The average molecular weight is 235 g/mol. The fourth-order valence-electron chi connectivity index (χ4n) is 1.37. The Bertz CT molecular complexity index is 411. The van der Waals surface area contributed by atoms with Crippen LogP contribution in [0.25, 0.3) is 0 Å². The number of aromatic nitrogens is 3. The molecule has 0 atom stereocenters. The van der Waals surface area contributed by atoms with E-state index in [0.717, 1.165) is 13.1 Å². The van der Waals surface area contributed by atoms with Gasteiger partial charge in [-0.25, -0.2) is 9.67 Å². The quantitative estimate of drug-likeness (QED) is 0.563. The first-order chi connectivity index (χ1) is 8.21. The minimum Gasteiger partial charge on any atom is -0.370 e. The summed E-state index contributed by atoms with van der Waals surface area (Å²) in [6, 6.07) is 1.87. The summed E-state index contributed by atoms with van der Waals surface area (Å²) in [5, 5.41) is 12.5. The number of rotatable bonds is 5. The standard InChI is InChI=1S/C10H17N7/c1-3-16(4-2)10(12)13-5-6-17-8-14-9(7-11)15-17/h8H,3-6H2,1-2H3,(H2,12,13). The highest BCUT2D eigenvalue weighted by Gasteiger charge is 2.02. The fourth-order valence-corrected chi connectivity index (χ4v) is 1.37.